The standard InChI is InChI=1S/C23H30O6/c1-13(24)28-12-18(26)22(27)9-7-16-17-5-4-14-10-15(25)6-8-20(14,2)23(17)19(29-23)11-21(16,22)3/h10,16-17,19,27H,4-9,11-12H2,1-3H3/t16-,17-,19+,20-,21-,22-,23-/m0/s1. The van der Waals surface area contributed by atoms with E-state index < -0.39 is 22.8 Å². The van der Waals surface area contributed by atoms with Crippen molar-refractivity contribution in [3.63, 3.8) is 0 Å². The third-order valence-electron chi connectivity index (χ3n) is 9.35. The van der Waals surface area contributed by atoms with E-state index in [4.69, 9.17) is 9.47 Å². The Balaban J connectivity index is 1.48. The van der Waals surface area contributed by atoms with Gasteiger partial charge < -0.3 is 14.6 Å². The van der Waals surface area contributed by atoms with E-state index in [0.29, 0.717) is 19.3 Å². The minimum Gasteiger partial charge on any atom is -0.458 e. The highest BCUT2D eigenvalue weighted by molar-refractivity contribution is 5.92. The average Bonchev–Trinajstić information content (AvgIpc) is 3.32. The van der Waals surface area contributed by atoms with Crippen molar-refractivity contribution in [2.45, 2.75) is 83.0 Å². The molecular formula is C23H30O6. The normalized spacial score (nSPS) is 49.9. The first-order chi connectivity index (χ1) is 13.6. The third-order valence-corrected chi connectivity index (χ3v) is 9.35. The van der Waals surface area contributed by atoms with E-state index in [9.17, 15) is 19.5 Å². The van der Waals surface area contributed by atoms with Gasteiger partial charge in [-0.05, 0) is 56.4 Å². The molecule has 0 aromatic rings. The van der Waals surface area contributed by atoms with Crippen LogP contribution < -0.4 is 0 Å². The van der Waals surface area contributed by atoms with Crippen LogP contribution in [0.25, 0.3) is 0 Å². The molecule has 0 radical (unpaired) electrons. The van der Waals surface area contributed by atoms with Crippen LogP contribution in [0.15, 0.2) is 11.6 Å². The van der Waals surface area contributed by atoms with Crippen LogP contribution in [0.4, 0.5) is 0 Å². The van der Waals surface area contributed by atoms with Crippen molar-refractivity contribution in [2.75, 3.05) is 6.61 Å². The van der Waals surface area contributed by atoms with Crippen molar-refractivity contribution >= 4 is 17.5 Å². The first-order valence-electron chi connectivity index (χ1n) is 10.9. The lowest BCUT2D eigenvalue weighted by atomic mass is 9.46. The Kier molecular flexibility index (Phi) is 3.88. The van der Waals surface area contributed by atoms with E-state index in [0.717, 1.165) is 25.7 Å². The zero-order valence-corrected chi connectivity index (χ0v) is 17.5. The van der Waals surface area contributed by atoms with Crippen LogP contribution in [0.3, 0.4) is 0 Å². The molecule has 6 nitrogen and oxygen atoms in total. The van der Waals surface area contributed by atoms with Crippen LogP contribution in [-0.4, -0.2) is 46.6 Å². The van der Waals surface area contributed by atoms with Gasteiger partial charge in [0, 0.05) is 24.2 Å². The van der Waals surface area contributed by atoms with E-state index in [-0.39, 0.29) is 41.3 Å². The molecule has 1 aliphatic heterocycles. The number of rotatable bonds is 3. The zero-order chi connectivity index (χ0) is 20.8. The number of ether oxygens (including phenoxy) is 2. The van der Waals surface area contributed by atoms with Gasteiger partial charge >= 0.3 is 5.97 Å². The van der Waals surface area contributed by atoms with Crippen molar-refractivity contribution < 1.29 is 29.0 Å². The Hall–Kier alpha value is -1.53. The molecule has 6 heteroatoms. The highest BCUT2D eigenvalue weighted by Crippen LogP contribution is 2.76. The molecule has 4 fully saturated rings. The first-order valence-corrected chi connectivity index (χ1v) is 10.9. The summed E-state index contributed by atoms with van der Waals surface area (Å²) in [6, 6.07) is 0. The summed E-state index contributed by atoms with van der Waals surface area (Å²) in [4.78, 5) is 36.1. The van der Waals surface area contributed by atoms with Crippen molar-refractivity contribution in [1.29, 1.82) is 0 Å². The molecule has 0 aromatic carbocycles. The average molecular weight is 402 g/mol. The Labute approximate surface area is 171 Å². The van der Waals surface area contributed by atoms with Crippen molar-refractivity contribution in [2.24, 2.45) is 22.7 Å². The summed E-state index contributed by atoms with van der Waals surface area (Å²) in [6.45, 7) is 5.18. The van der Waals surface area contributed by atoms with Crippen LogP contribution in [-0.2, 0) is 23.9 Å². The monoisotopic (exact) mass is 402 g/mol. The van der Waals surface area contributed by atoms with E-state index in [2.05, 4.69) is 6.92 Å². The van der Waals surface area contributed by atoms with Gasteiger partial charge in [0.05, 0.1) is 6.10 Å². The van der Waals surface area contributed by atoms with Gasteiger partial charge in [-0.1, -0.05) is 19.4 Å². The number of hydrogen-bond acceptors (Lipinski definition) is 6. The number of fused-ring (bicyclic) bond motifs is 3. The highest BCUT2D eigenvalue weighted by Gasteiger charge is 2.81. The minimum atomic E-state index is -1.48. The molecule has 1 N–H and O–H groups in total. The van der Waals surface area contributed by atoms with Crippen molar-refractivity contribution in [3.8, 4) is 0 Å². The molecule has 0 aromatic heterocycles. The van der Waals surface area contributed by atoms with Crippen LogP contribution in [0.2, 0.25) is 0 Å². The summed E-state index contributed by atoms with van der Waals surface area (Å²) < 4.78 is 11.4. The minimum absolute atomic E-state index is 0.00167. The topological polar surface area (TPSA) is 93.2 Å². The highest BCUT2D eigenvalue weighted by atomic mass is 16.6. The molecule has 158 valence electrons. The molecule has 1 spiro atoms. The van der Waals surface area contributed by atoms with Crippen LogP contribution in [0.5, 0.6) is 0 Å². The number of carbonyl (C=O) groups is 3. The Bertz CT molecular complexity index is 846. The first kappa shape index (κ1) is 19.4. The molecule has 0 unspecified atom stereocenters. The number of Topliss-reactive ketones (excluding diaryl/α,β-unsaturated/α-hetero) is 1. The molecule has 5 aliphatic rings. The molecule has 0 amide bonds. The van der Waals surface area contributed by atoms with E-state index in [1.807, 2.05) is 13.0 Å². The molecule has 7 atom stereocenters. The number of esters is 1. The van der Waals surface area contributed by atoms with Crippen molar-refractivity contribution in [3.05, 3.63) is 11.6 Å². The molecule has 1 heterocycles. The number of aliphatic hydroxyl groups is 1. The zero-order valence-electron chi connectivity index (χ0n) is 17.5. The largest absolute Gasteiger partial charge is 0.458 e. The fraction of sp³-hybridized carbons (Fsp3) is 0.783. The molecular weight excluding hydrogens is 372 g/mol. The summed E-state index contributed by atoms with van der Waals surface area (Å²) >= 11 is 0. The predicted octanol–water partition coefficient (Wildman–Crippen LogP) is 2.51. The second-order valence-corrected chi connectivity index (χ2v) is 10.3. The summed E-state index contributed by atoms with van der Waals surface area (Å²) in [7, 11) is 0. The summed E-state index contributed by atoms with van der Waals surface area (Å²) in [5.41, 5.74) is -1.22. The quantitative estimate of drug-likeness (QED) is 0.576. The smallest absolute Gasteiger partial charge is 0.303 e. The molecule has 29 heavy (non-hydrogen) atoms. The Morgan fingerprint density at radius 1 is 1.21 bits per heavy atom. The van der Waals surface area contributed by atoms with Crippen LogP contribution in [0.1, 0.15) is 65.7 Å². The van der Waals surface area contributed by atoms with Gasteiger partial charge in [0.15, 0.2) is 12.4 Å². The predicted molar refractivity (Wildman–Crippen MR) is 103 cm³/mol. The van der Waals surface area contributed by atoms with Gasteiger partial charge in [-0.25, -0.2) is 0 Å². The molecule has 3 saturated carbocycles. The lowest BCUT2D eigenvalue weighted by molar-refractivity contribution is -0.166. The molecule has 5 rings (SSSR count). The lowest BCUT2D eigenvalue weighted by Gasteiger charge is -2.56. The number of epoxide rings is 1. The summed E-state index contributed by atoms with van der Waals surface area (Å²) in [5, 5.41) is 11.5. The Morgan fingerprint density at radius 3 is 2.69 bits per heavy atom. The lowest BCUT2D eigenvalue weighted by Crippen LogP contribution is -2.62. The number of carbonyl (C=O) groups excluding carboxylic acids is 3. The molecule has 0 bridgehead atoms. The summed E-state index contributed by atoms with van der Waals surface area (Å²) in [6.07, 6.45) is 6.88. The maximum atomic E-state index is 12.9. The van der Waals surface area contributed by atoms with Gasteiger partial charge in [-0.3, -0.25) is 14.4 Å². The van der Waals surface area contributed by atoms with Gasteiger partial charge in [-0.2, -0.15) is 0 Å². The van der Waals surface area contributed by atoms with Crippen molar-refractivity contribution in [1.82, 2.24) is 0 Å². The van der Waals surface area contributed by atoms with E-state index >= 15 is 0 Å². The van der Waals surface area contributed by atoms with E-state index in [1.165, 1.54) is 12.5 Å². The second kappa shape index (κ2) is 5.79. The number of ketones is 2. The Morgan fingerprint density at radius 2 is 1.97 bits per heavy atom. The third kappa shape index (κ3) is 2.22. The van der Waals surface area contributed by atoms with Crippen LogP contribution >= 0.6 is 0 Å². The summed E-state index contributed by atoms with van der Waals surface area (Å²) in [5.74, 6) is -0.227. The van der Waals surface area contributed by atoms with E-state index in [1.54, 1.807) is 0 Å². The number of hydrogen-bond donors (Lipinski definition) is 1. The maximum absolute atomic E-state index is 12.9. The molecule has 1 saturated heterocycles. The van der Waals surface area contributed by atoms with Gasteiger partial charge in [-0.15, -0.1) is 0 Å². The fourth-order valence-electron chi connectivity index (χ4n) is 7.77. The maximum Gasteiger partial charge on any atom is 0.303 e. The fourth-order valence-corrected chi connectivity index (χ4v) is 7.77. The van der Waals surface area contributed by atoms with Gasteiger partial charge in [0.25, 0.3) is 0 Å². The molecule has 4 aliphatic carbocycles. The second-order valence-electron chi connectivity index (χ2n) is 10.3. The van der Waals surface area contributed by atoms with Gasteiger partial charge in [0.2, 0.25) is 5.78 Å². The SMILES string of the molecule is CC(=O)OCC(=O)[C@@]1(O)CC[C@H]2[C@@H]3CCC4=CC(=O)CC[C@]4(C)[C@]34O[C@@H]4C[C@@]21C. The van der Waals surface area contributed by atoms with Gasteiger partial charge in [0.1, 0.15) is 11.2 Å². The van der Waals surface area contributed by atoms with Crippen LogP contribution in [0, 0.1) is 22.7 Å².